The molecular formula is C11H24N2. The Balaban J connectivity index is 2.24. The largest absolute Gasteiger partial charge is 0.313 e. The molecule has 13 heavy (non-hydrogen) atoms. The molecule has 0 aromatic heterocycles. The Morgan fingerprint density at radius 2 is 1.92 bits per heavy atom. The molecule has 0 aromatic rings. The highest BCUT2D eigenvalue weighted by Gasteiger charge is 2.13. The Morgan fingerprint density at radius 3 is 2.62 bits per heavy atom. The summed E-state index contributed by atoms with van der Waals surface area (Å²) in [7, 11) is 0. The summed E-state index contributed by atoms with van der Waals surface area (Å²) in [6.07, 6.45) is 5.58. The van der Waals surface area contributed by atoms with Gasteiger partial charge in [0.1, 0.15) is 0 Å². The van der Waals surface area contributed by atoms with Crippen molar-refractivity contribution in [3.63, 3.8) is 0 Å². The first kappa shape index (κ1) is 11.0. The minimum absolute atomic E-state index is 0.752. The van der Waals surface area contributed by atoms with Gasteiger partial charge >= 0.3 is 0 Å². The lowest BCUT2D eigenvalue weighted by Crippen LogP contribution is -2.40. The van der Waals surface area contributed by atoms with Crippen molar-refractivity contribution in [1.29, 1.82) is 0 Å². The average molecular weight is 184 g/mol. The Bertz CT molecular complexity index is 113. The number of rotatable bonds is 4. The SMILES string of the molecule is CCN(CC)C[C@H]1CCCCCN1. The van der Waals surface area contributed by atoms with E-state index >= 15 is 0 Å². The zero-order valence-corrected chi connectivity index (χ0v) is 9.18. The lowest BCUT2D eigenvalue weighted by Gasteiger charge is -2.24. The molecule has 1 aliphatic heterocycles. The zero-order valence-electron chi connectivity index (χ0n) is 9.18. The average Bonchev–Trinajstić information content (AvgIpc) is 2.42. The fourth-order valence-corrected chi connectivity index (χ4v) is 2.05. The van der Waals surface area contributed by atoms with Crippen LogP contribution in [0.15, 0.2) is 0 Å². The third kappa shape index (κ3) is 4.10. The van der Waals surface area contributed by atoms with Crippen LogP contribution in [0.4, 0.5) is 0 Å². The minimum Gasteiger partial charge on any atom is -0.313 e. The lowest BCUT2D eigenvalue weighted by molar-refractivity contribution is 0.261. The lowest BCUT2D eigenvalue weighted by atomic mass is 10.1. The zero-order chi connectivity index (χ0) is 9.52. The Labute approximate surface area is 82.7 Å². The van der Waals surface area contributed by atoms with Gasteiger partial charge in [-0.25, -0.2) is 0 Å². The first-order valence-corrected chi connectivity index (χ1v) is 5.82. The molecule has 0 spiro atoms. The van der Waals surface area contributed by atoms with E-state index < -0.39 is 0 Å². The van der Waals surface area contributed by atoms with Gasteiger partial charge in [-0.05, 0) is 32.5 Å². The van der Waals surface area contributed by atoms with E-state index in [1.165, 1.54) is 51.9 Å². The predicted octanol–water partition coefficient (Wildman–Crippen LogP) is 1.86. The maximum Gasteiger partial charge on any atom is 0.0195 e. The maximum absolute atomic E-state index is 3.64. The third-order valence-electron chi connectivity index (χ3n) is 3.04. The fraction of sp³-hybridized carbons (Fsp3) is 1.00. The van der Waals surface area contributed by atoms with E-state index in [1.807, 2.05) is 0 Å². The van der Waals surface area contributed by atoms with E-state index in [1.54, 1.807) is 0 Å². The monoisotopic (exact) mass is 184 g/mol. The van der Waals surface area contributed by atoms with Gasteiger partial charge < -0.3 is 10.2 Å². The van der Waals surface area contributed by atoms with E-state index in [0.29, 0.717) is 0 Å². The molecule has 0 aliphatic carbocycles. The highest BCUT2D eigenvalue weighted by atomic mass is 15.1. The van der Waals surface area contributed by atoms with Gasteiger partial charge in [-0.1, -0.05) is 26.7 Å². The van der Waals surface area contributed by atoms with E-state index in [4.69, 9.17) is 0 Å². The summed E-state index contributed by atoms with van der Waals surface area (Å²) in [5, 5.41) is 3.64. The molecule has 0 radical (unpaired) electrons. The quantitative estimate of drug-likeness (QED) is 0.717. The first-order valence-electron chi connectivity index (χ1n) is 5.82. The smallest absolute Gasteiger partial charge is 0.0195 e. The van der Waals surface area contributed by atoms with Crippen molar-refractivity contribution < 1.29 is 0 Å². The summed E-state index contributed by atoms with van der Waals surface area (Å²) in [5.74, 6) is 0. The van der Waals surface area contributed by atoms with Crippen LogP contribution in [-0.4, -0.2) is 37.1 Å². The fourth-order valence-electron chi connectivity index (χ4n) is 2.05. The molecule has 2 heteroatoms. The summed E-state index contributed by atoms with van der Waals surface area (Å²) in [5.41, 5.74) is 0. The van der Waals surface area contributed by atoms with Crippen LogP contribution in [0.1, 0.15) is 39.5 Å². The van der Waals surface area contributed by atoms with E-state index in [0.717, 1.165) is 6.04 Å². The summed E-state index contributed by atoms with van der Waals surface area (Å²) in [6.45, 7) is 9.35. The van der Waals surface area contributed by atoms with Gasteiger partial charge in [0.05, 0.1) is 0 Å². The highest BCUT2D eigenvalue weighted by Crippen LogP contribution is 2.09. The molecule has 0 unspecified atom stereocenters. The topological polar surface area (TPSA) is 15.3 Å². The number of nitrogens with one attached hydrogen (secondary N) is 1. The van der Waals surface area contributed by atoms with Crippen LogP contribution in [0.2, 0.25) is 0 Å². The number of hydrogen-bond donors (Lipinski definition) is 1. The number of hydrogen-bond acceptors (Lipinski definition) is 2. The molecule has 0 amide bonds. The van der Waals surface area contributed by atoms with Gasteiger partial charge in [0, 0.05) is 12.6 Å². The summed E-state index contributed by atoms with van der Waals surface area (Å²) < 4.78 is 0. The van der Waals surface area contributed by atoms with Crippen LogP contribution in [-0.2, 0) is 0 Å². The summed E-state index contributed by atoms with van der Waals surface area (Å²) in [6, 6.07) is 0.752. The molecule has 1 fully saturated rings. The maximum atomic E-state index is 3.64. The Kier molecular flexibility index (Phi) is 5.40. The summed E-state index contributed by atoms with van der Waals surface area (Å²) >= 11 is 0. The Hall–Kier alpha value is -0.0800. The second kappa shape index (κ2) is 6.39. The minimum atomic E-state index is 0.752. The molecule has 1 heterocycles. The molecule has 1 N–H and O–H groups in total. The van der Waals surface area contributed by atoms with Crippen molar-refractivity contribution in [2.45, 2.75) is 45.6 Å². The third-order valence-corrected chi connectivity index (χ3v) is 3.04. The van der Waals surface area contributed by atoms with Gasteiger partial charge in [-0.2, -0.15) is 0 Å². The molecule has 78 valence electrons. The Morgan fingerprint density at radius 1 is 1.15 bits per heavy atom. The van der Waals surface area contributed by atoms with Crippen LogP contribution >= 0.6 is 0 Å². The molecule has 0 bridgehead atoms. The molecular weight excluding hydrogens is 160 g/mol. The van der Waals surface area contributed by atoms with E-state index in [-0.39, 0.29) is 0 Å². The standard InChI is InChI=1S/C11H24N2/c1-3-13(4-2)10-11-8-6-5-7-9-12-11/h11-12H,3-10H2,1-2H3/t11-/m1/s1. The second-order valence-corrected chi connectivity index (χ2v) is 3.99. The van der Waals surface area contributed by atoms with Crippen molar-refractivity contribution in [1.82, 2.24) is 10.2 Å². The first-order chi connectivity index (χ1) is 6.36. The van der Waals surface area contributed by atoms with Crippen LogP contribution < -0.4 is 5.32 Å². The summed E-state index contributed by atoms with van der Waals surface area (Å²) in [4.78, 5) is 2.52. The van der Waals surface area contributed by atoms with Crippen molar-refractivity contribution in [3.8, 4) is 0 Å². The van der Waals surface area contributed by atoms with Crippen molar-refractivity contribution >= 4 is 0 Å². The van der Waals surface area contributed by atoms with Crippen molar-refractivity contribution in [2.75, 3.05) is 26.2 Å². The van der Waals surface area contributed by atoms with Crippen LogP contribution in [0.3, 0.4) is 0 Å². The van der Waals surface area contributed by atoms with Crippen molar-refractivity contribution in [3.05, 3.63) is 0 Å². The van der Waals surface area contributed by atoms with E-state index in [9.17, 15) is 0 Å². The van der Waals surface area contributed by atoms with Crippen LogP contribution in [0.5, 0.6) is 0 Å². The normalized spacial score (nSPS) is 24.7. The number of likely N-dealkylation sites (N-methyl/N-ethyl adjacent to an activating group) is 1. The highest BCUT2D eigenvalue weighted by molar-refractivity contribution is 4.74. The molecule has 2 nitrogen and oxygen atoms in total. The molecule has 0 saturated carbocycles. The second-order valence-electron chi connectivity index (χ2n) is 3.99. The van der Waals surface area contributed by atoms with Gasteiger partial charge in [0.2, 0.25) is 0 Å². The molecule has 0 aromatic carbocycles. The van der Waals surface area contributed by atoms with Gasteiger partial charge in [0.15, 0.2) is 0 Å². The van der Waals surface area contributed by atoms with E-state index in [2.05, 4.69) is 24.1 Å². The predicted molar refractivity (Wildman–Crippen MR) is 58.0 cm³/mol. The van der Waals surface area contributed by atoms with Crippen LogP contribution in [0.25, 0.3) is 0 Å². The molecule has 1 aliphatic rings. The molecule has 1 atom stereocenters. The van der Waals surface area contributed by atoms with Gasteiger partial charge in [-0.3, -0.25) is 0 Å². The molecule has 1 saturated heterocycles. The van der Waals surface area contributed by atoms with Crippen LogP contribution in [0, 0.1) is 0 Å². The number of nitrogens with zero attached hydrogens (tertiary/aromatic N) is 1. The van der Waals surface area contributed by atoms with Gasteiger partial charge in [-0.15, -0.1) is 0 Å². The molecule has 1 rings (SSSR count). The van der Waals surface area contributed by atoms with Crippen molar-refractivity contribution in [2.24, 2.45) is 0 Å². The van der Waals surface area contributed by atoms with Gasteiger partial charge in [0.25, 0.3) is 0 Å².